The van der Waals surface area contributed by atoms with Crippen LogP contribution in [0.4, 0.5) is 0 Å². The minimum absolute atomic E-state index is 0.314. The summed E-state index contributed by atoms with van der Waals surface area (Å²) in [5, 5.41) is 10.2. The maximum Gasteiger partial charge on any atom is 0.317 e. The van der Waals surface area contributed by atoms with Gasteiger partial charge >= 0.3 is 5.97 Å². The second-order valence-electron chi connectivity index (χ2n) is 5.52. The molecule has 2 aromatic carbocycles. The number of carboxylic acids is 1. The summed E-state index contributed by atoms with van der Waals surface area (Å²) in [5.41, 5.74) is 2.27. The Morgan fingerprint density at radius 2 is 1.62 bits per heavy atom. The Bertz CT molecular complexity index is 845. The molecule has 0 amide bonds. The molecule has 3 rings (SSSR count). The first-order valence-corrected chi connectivity index (χ1v) is 9.53. The summed E-state index contributed by atoms with van der Waals surface area (Å²) in [6.07, 6.45) is 0.467. The van der Waals surface area contributed by atoms with Crippen LogP contribution in [-0.2, 0) is 4.79 Å². The molecule has 0 bridgehead atoms. The second-order valence-corrected chi connectivity index (χ2v) is 7.55. The lowest BCUT2D eigenvalue weighted by atomic mass is 10.1. The van der Waals surface area contributed by atoms with E-state index in [1.165, 1.54) is 0 Å². The van der Waals surface area contributed by atoms with E-state index in [2.05, 4.69) is 4.98 Å². The topological polar surface area (TPSA) is 63.3 Å². The Morgan fingerprint density at radius 3 is 2.12 bits per heavy atom. The molecule has 1 unspecified atom stereocenters. The number of benzene rings is 2. The van der Waals surface area contributed by atoms with E-state index in [-0.39, 0.29) is 0 Å². The van der Waals surface area contributed by atoms with Crippen molar-refractivity contribution in [2.24, 2.45) is 0 Å². The Kier molecular flexibility index (Phi) is 5.91. The predicted octanol–water partition coefficient (Wildman–Crippen LogP) is 6.27. The molecule has 7 heteroatoms. The minimum atomic E-state index is -0.892. The standard InChI is InChI=1S/C19H15Cl2NO3S/c1-2-15(18(23)24)26-19-22-16(11-3-7-13(20)8-4-11)17(25-19)12-5-9-14(21)10-6-12/h3-10,15H,2H2,1H3,(H,23,24). The molecule has 4 nitrogen and oxygen atoms in total. The first-order valence-electron chi connectivity index (χ1n) is 7.90. The van der Waals surface area contributed by atoms with E-state index in [1.54, 1.807) is 24.3 Å². The number of aromatic nitrogens is 1. The van der Waals surface area contributed by atoms with Crippen LogP contribution in [0.5, 0.6) is 0 Å². The van der Waals surface area contributed by atoms with Crippen molar-refractivity contribution in [3.63, 3.8) is 0 Å². The number of thioether (sulfide) groups is 1. The first-order chi connectivity index (χ1) is 12.5. The van der Waals surface area contributed by atoms with E-state index in [4.69, 9.17) is 27.6 Å². The first kappa shape index (κ1) is 18.8. The average Bonchev–Trinajstić information content (AvgIpc) is 3.04. The quantitative estimate of drug-likeness (QED) is 0.487. The fraction of sp³-hybridized carbons (Fsp3) is 0.158. The molecule has 0 aliphatic carbocycles. The predicted molar refractivity (Wildman–Crippen MR) is 105 cm³/mol. The Hall–Kier alpha value is -1.95. The highest BCUT2D eigenvalue weighted by Crippen LogP contribution is 2.37. The molecule has 26 heavy (non-hydrogen) atoms. The summed E-state index contributed by atoms with van der Waals surface area (Å²) in [6.45, 7) is 1.81. The number of carbonyl (C=O) groups is 1. The van der Waals surface area contributed by atoms with Crippen molar-refractivity contribution < 1.29 is 14.3 Å². The number of halogens is 2. The second kappa shape index (κ2) is 8.16. The van der Waals surface area contributed by atoms with Gasteiger partial charge in [0, 0.05) is 21.2 Å². The van der Waals surface area contributed by atoms with E-state index in [0.717, 1.165) is 22.9 Å². The van der Waals surface area contributed by atoms with Crippen LogP contribution in [0.15, 0.2) is 58.2 Å². The fourth-order valence-electron chi connectivity index (χ4n) is 2.38. The number of rotatable bonds is 6. The third-order valence-electron chi connectivity index (χ3n) is 3.72. The van der Waals surface area contributed by atoms with Crippen molar-refractivity contribution in [2.45, 2.75) is 23.8 Å². The van der Waals surface area contributed by atoms with Gasteiger partial charge in [0.25, 0.3) is 5.22 Å². The number of aliphatic carboxylic acids is 1. The molecule has 134 valence electrons. The number of oxazole rings is 1. The Balaban J connectivity index is 2.06. The van der Waals surface area contributed by atoms with Gasteiger partial charge in [0.15, 0.2) is 5.76 Å². The zero-order valence-corrected chi connectivity index (χ0v) is 16.1. The maximum atomic E-state index is 11.3. The zero-order chi connectivity index (χ0) is 18.7. The third kappa shape index (κ3) is 4.23. The molecule has 0 aliphatic rings. The van der Waals surface area contributed by atoms with Gasteiger partial charge in [-0.3, -0.25) is 4.79 Å². The Morgan fingerprint density at radius 1 is 1.08 bits per heavy atom. The van der Waals surface area contributed by atoms with E-state index < -0.39 is 11.2 Å². The average molecular weight is 408 g/mol. The molecule has 0 aliphatic heterocycles. The van der Waals surface area contributed by atoms with Gasteiger partial charge in [0.2, 0.25) is 0 Å². The molecule has 0 saturated carbocycles. The molecule has 1 aromatic heterocycles. The van der Waals surface area contributed by atoms with Gasteiger partial charge in [0.1, 0.15) is 10.9 Å². The normalized spacial score (nSPS) is 12.1. The largest absolute Gasteiger partial charge is 0.480 e. The number of hydrogen-bond donors (Lipinski definition) is 1. The van der Waals surface area contributed by atoms with Crippen LogP contribution in [-0.4, -0.2) is 21.3 Å². The van der Waals surface area contributed by atoms with Crippen molar-refractivity contribution in [2.75, 3.05) is 0 Å². The third-order valence-corrected chi connectivity index (χ3v) is 5.42. The highest BCUT2D eigenvalue weighted by Gasteiger charge is 2.23. The van der Waals surface area contributed by atoms with Gasteiger partial charge in [-0.15, -0.1) is 0 Å². The maximum absolute atomic E-state index is 11.3. The zero-order valence-electron chi connectivity index (χ0n) is 13.8. The van der Waals surface area contributed by atoms with Crippen molar-refractivity contribution in [1.82, 2.24) is 4.98 Å². The lowest BCUT2D eigenvalue weighted by molar-refractivity contribution is -0.136. The summed E-state index contributed by atoms with van der Waals surface area (Å²) in [7, 11) is 0. The lowest BCUT2D eigenvalue weighted by Gasteiger charge is -2.04. The summed E-state index contributed by atoms with van der Waals surface area (Å²) in [4.78, 5) is 15.9. The SMILES string of the molecule is CCC(Sc1nc(-c2ccc(Cl)cc2)c(-c2ccc(Cl)cc2)o1)C(=O)O. The highest BCUT2D eigenvalue weighted by molar-refractivity contribution is 8.00. The molecular formula is C19H15Cl2NO3S. The van der Waals surface area contributed by atoms with Gasteiger partial charge < -0.3 is 9.52 Å². The Labute approximate surface area is 165 Å². The fourth-order valence-corrected chi connectivity index (χ4v) is 3.42. The smallest absolute Gasteiger partial charge is 0.317 e. The van der Waals surface area contributed by atoms with Crippen molar-refractivity contribution >= 4 is 40.9 Å². The molecule has 1 N–H and O–H groups in total. The molecule has 3 aromatic rings. The van der Waals surface area contributed by atoms with Gasteiger partial charge in [-0.2, -0.15) is 0 Å². The number of nitrogens with zero attached hydrogens (tertiary/aromatic N) is 1. The lowest BCUT2D eigenvalue weighted by Crippen LogP contribution is -2.14. The molecule has 1 heterocycles. The van der Waals surface area contributed by atoms with Crippen LogP contribution in [0.1, 0.15) is 13.3 Å². The molecule has 0 saturated heterocycles. The van der Waals surface area contributed by atoms with Crippen molar-refractivity contribution in [3.05, 3.63) is 58.6 Å². The van der Waals surface area contributed by atoms with Crippen molar-refractivity contribution in [3.8, 4) is 22.6 Å². The van der Waals surface area contributed by atoms with E-state index in [1.807, 2.05) is 31.2 Å². The van der Waals surface area contributed by atoms with Crippen LogP contribution >= 0.6 is 35.0 Å². The number of carboxylic acid groups (broad SMARTS) is 1. The van der Waals surface area contributed by atoms with Gasteiger partial charge in [0.05, 0.1) is 0 Å². The summed E-state index contributed by atoms with van der Waals surface area (Å²) >= 11 is 13.0. The summed E-state index contributed by atoms with van der Waals surface area (Å²) < 4.78 is 5.92. The van der Waals surface area contributed by atoms with Crippen LogP contribution in [0.2, 0.25) is 10.0 Å². The molecule has 1 atom stereocenters. The molecular weight excluding hydrogens is 393 g/mol. The number of hydrogen-bond acceptors (Lipinski definition) is 4. The van der Waals surface area contributed by atoms with Gasteiger partial charge in [-0.1, -0.05) is 54.0 Å². The van der Waals surface area contributed by atoms with E-state index in [0.29, 0.717) is 33.1 Å². The van der Waals surface area contributed by atoms with Crippen LogP contribution in [0.3, 0.4) is 0 Å². The summed E-state index contributed by atoms with van der Waals surface area (Å²) in [6, 6.07) is 14.5. The summed E-state index contributed by atoms with van der Waals surface area (Å²) in [5.74, 6) is -0.330. The molecule has 0 radical (unpaired) electrons. The molecule has 0 fully saturated rings. The highest BCUT2D eigenvalue weighted by atomic mass is 35.5. The van der Waals surface area contributed by atoms with Crippen LogP contribution < -0.4 is 0 Å². The van der Waals surface area contributed by atoms with E-state index in [9.17, 15) is 9.90 Å². The molecule has 0 spiro atoms. The van der Waals surface area contributed by atoms with Crippen molar-refractivity contribution in [1.29, 1.82) is 0 Å². The van der Waals surface area contributed by atoms with E-state index >= 15 is 0 Å². The van der Waals surface area contributed by atoms with Gasteiger partial charge in [-0.05, 0) is 42.8 Å². The van der Waals surface area contributed by atoms with Crippen LogP contribution in [0.25, 0.3) is 22.6 Å². The van der Waals surface area contributed by atoms with Crippen LogP contribution in [0, 0.1) is 0 Å². The van der Waals surface area contributed by atoms with Gasteiger partial charge in [-0.25, -0.2) is 4.98 Å². The monoisotopic (exact) mass is 407 g/mol. The minimum Gasteiger partial charge on any atom is -0.480 e.